The summed E-state index contributed by atoms with van der Waals surface area (Å²) in [7, 11) is 0. The molecule has 1 unspecified atom stereocenters. The average molecular weight is 334 g/mol. The zero-order valence-electron chi connectivity index (χ0n) is 14.4. The van der Waals surface area contributed by atoms with E-state index in [-0.39, 0.29) is 23.0 Å². The molecule has 1 amide bonds. The summed E-state index contributed by atoms with van der Waals surface area (Å²) in [6.07, 6.45) is 1.89. The molecule has 2 rings (SSSR count). The molecular formula is C18H23FN2O3. The number of nitrogens with one attached hydrogen (secondary N) is 2. The highest BCUT2D eigenvalue weighted by Crippen LogP contribution is 2.21. The molecule has 0 aliphatic heterocycles. The standard InChI is InChI=1S/C18H23FN2O3/c1-10-5-11(19)6-13-15(10)20-8-14(16(13)23)17(24)21-12(9-22)7-18(2,3)4/h5-6,8,12,22H,7,9H2,1-4H3,(H,20,23)(H,21,24). The molecule has 1 heterocycles. The molecule has 0 radical (unpaired) electrons. The topological polar surface area (TPSA) is 82.2 Å². The first-order chi connectivity index (χ1) is 11.1. The van der Waals surface area contributed by atoms with Crippen molar-refractivity contribution in [3.8, 4) is 0 Å². The monoisotopic (exact) mass is 334 g/mol. The molecule has 3 N–H and O–H groups in total. The highest BCUT2D eigenvalue weighted by molar-refractivity contribution is 5.97. The summed E-state index contributed by atoms with van der Waals surface area (Å²) < 4.78 is 13.6. The van der Waals surface area contributed by atoms with Crippen LogP contribution in [0.1, 0.15) is 43.1 Å². The molecule has 2 aromatic rings. The second kappa shape index (κ2) is 6.73. The van der Waals surface area contributed by atoms with Crippen LogP contribution in [0.2, 0.25) is 0 Å². The van der Waals surface area contributed by atoms with Gasteiger partial charge in [0.1, 0.15) is 11.4 Å². The second-order valence-electron chi connectivity index (χ2n) is 7.29. The average Bonchev–Trinajstić information content (AvgIpc) is 2.46. The van der Waals surface area contributed by atoms with Crippen LogP contribution in [0.25, 0.3) is 10.9 Å². The number of amides is 1. The number of aromatic nitrogens is 1. The van der Waals surface area contributed by atoms with Crippen LogP contribution in [0.3, 0.4) is 0 Å². The number of benzene rings is 1. The first-order valence-electron chi connectivity index (χ1n) is 7.85. The van der Waals surface area contributed by atoms with Gasteiger partial charge in [-0.15, -0.1) is 0 Å². The van der Waals surface area contributed by atoms with Crippen molar-refractivity contribution < 1.29 is 14.3 Å². The van der Waals surface area contributed by atoms with Crippen LogP contribution < -0.4 is 10.7 Å². The molecule has 0 spiro atoms. The molecule has 1 aromatic heterocycles. The molecule has 0 bridgehead atoms. The third kappa shape index (κ3) is 4.00. The minimum atomic E-state index is -0.580. The van der Waals surface area contributed by atoms with Crippen molar-refractivity contribution in [2.24, 2.45) is 5.41 Å². The van der Waals surface area contributed by atoms with E-state index in [0.29, 0.717) is 17.5 Å². The zero-order valence-corrected chi connectivity index (χ0v) is 14.4. The maximum Gasteiger partial charge on any atom is 0.257 e. The summed E-state index contributed by atoms with van der Waals surface area (Å²) in [5, 5.41) is 12.3. The van der Waals surface area contributed by atoms with Crippen molar-refractivity contribution in [2.75, 3.05) is 6.61 Å². The highest BCUT2D eigenvalue weighted by atomic mass is 19.1. The van der Waals surface area contributed by atoms with Crippen molar-refractivity contribution >= 4 is 16.8 Å². The Bertz CT molecular complexity index is 821. The van der Waals surface area contributed by atoms with E-state index < -0.39 is 23.2 Å². The number of aliphatic hydroxyl groups excluding tert-OH is 1. The number of H-pyrrole nitrogens is 1. The number of pyridine rings is 1. The quantitative estimate of drug-likeness (QED) is 0.803. The molecule has 1 aromatic carbocycles. The van der Waals surface area contributed by atoms with Gasteiger partial charge in [0.05, 0.1) is 18.2 Å². The van der Waals surface area contributed by atoms with Crippen LogP contribution >= 0.6 is 0 Å². The van der Waals surface area contributed by atoms with Crippen molar-refractivity contribution in [1.29, 1.82) is 0 Å². The molecule has 24 heavy (non-hydrogen) atoms. The van der Waals surface area contributed by atoms with E-state index in [1.807, 2.05) is 20.8 Å². The summed E-state index contributed by atoms with van der Waals surface area (Å²) in [5.74, 6) is -1.10. The van der Waals surface area contributed by atoms with Gasteiger partial charge in [-0.05, 0) is 36.5 Å². The minimum Gasteiger partial charge on any atom is -0.394 e. The summed E-state index contributed by atoms with van der Waals surface area (Å²) in [5.41, 5.74) is 0.383. The lowest BCUT2D eigenvalue weighted by atomic mass is 9.88. The largest absolute Gasteiger partial charge is 0.394 e. The van der Waals surface area contributed by atoms with Gasteiger partial charge in [0.15, 0.2) is 0 Å². The first kappa shape index (κ1) is 18.1. The lowest BCUT2D eigenvalue weighted by Crippen LogP contribution is -2.41. The number of rotatable bonds is 4. The molecule has 0 saturated carbocycles. The molecule has 1 atom stereocenters. The SMILES string of the molecule is Cc1cc(F)cc2c(=O)c(C(=O)NC(CO)CC(C)(C)C)c[nH]c12. The van der Waals surface area contributed by atoms with E-state index in [2.05, 4.69) is 10.3 Å². The highest BCUT2D eigenvalue weighted by Gasteiger charge is 2.22. The first-order valence-corrected chi connectivity index (χ1v) is 7.85. The summed E-state index contributed by atoms with van der Waals surface area (Å²) in [6.45, 7) is 7.46. The van der Waals surface area contributed by atoms with Gasteiger partial charge in [0.2, 0.25) is 5.43 Å². The van der Waals surface area contributed by atoms with Gasteiger partial charge < -0.3 is 15.4 Å². The van der Waals surface area contributed by atoms with Crippen LogP contribution in [0, 0.1) is 18.2 Å². The van der Waals surface area contributed by atoms with Crippen molar-refractivity contribution in [3.05, 3.63) is 45.5 Å². The molecule has 0 aliphatic carbocycles. The maximum absolute atomic E-state index is 13.6. The minimum absolute atomic E-state index is 0.0866. The predicted molar refractivity (Wildman–Crippen MR) is 91.7 cm³/mol. The Kier molecular flexibility index (Phi) is 5.08. The number of fused-ring (bicyclic) bond motifs is 1. The lowest BCUT2D eigenvalue weighted by Gasteiger charge is -2.25. The van der Waals surface area contributed by atoms with E-state index >= 15 is 0 Å². The molecular weight excluding hydrogens is 311 g/mol. The Balaban J connectivity index is 2.36. The number of hydrogen-bond acceptors (Lipinski definition) is 3. The number of hydrogen-bond donors (Lipinski definition) is 3. The van der Waals surface area contributed by atoms with Gasteiger partial charge in [-0.2, -0.15) is 0 Å². The number of aromatic amines is 1. The van der Waals surface area contributed by atoms with Gasteiger partial charge in [-0.25, -0.2) is 4.39 Å². The number of aryl methyl sites for hydroxylation is 1. The fourth-order valence-corrected chi connectivity index (χ4v) is 2.80. The molecule has 0 saturated heterocycles. The van der Waals surface area contributed by atoms with Gasteiger partial charge in [-0.1, -0.05) is 20.8 Å². The maximum atomic E-state index is 13.6. The van der Waals surface area contributed by atoms with Crippen molar-refractivity contribution in [3.63, 3.8) is 0 Å². The summed E-state index contributed by atoms with van der Waals surface area (Å²) in [6, 6.07) is 1.99. The Labute approximate surface area is 139 Å². The number of carbonyl (C=O) groups is 1. The fraction of sp³-hybridized carbons (Fsp3) is 0.444. The molecule has 0 aliphatic rings. The molecule has 130 valence electrons. The van der Waals surface area contributed by atoms with Crippen molar-refractivity contribution in [1.82, 2.24) is 10.3 Å². The normalized spacial score (nSPS) is 13.1. The Hall–Kier alpha value is -2.21. The van der Waals surface area contributed by atoms with Crippen LogP contribution in [-0.4, -0.2) is 28.6 Å². The Morgan fingerprint density at radius 1 is 1.38 bits per heavy atom. The van der Waals surface area contributed by atoms with Crippen LogP contribution in [0.15, 0.2) is 23.1 Å². The van der Waals surface area contributed by atoms with Gasteiger partial charge in [0.25, 0.3) is 5.91 Å². The van der Waals surface area contributed by atoms with Gasteiger partial charge in [0, 0.05) is 11.6 Å². The third-order valence-corrected chi connectivity index (χ3v) is 3.81. The lowest BCUT2D eigenvalue weighted by molar-refractivity contribution is 0.0896. The molecule has 5 nitrogen and oxygen atoms in total. The Morgan fingerprint density at radius 2 is 2.04 bits per heavy atom. The van der Waals surface area contributed by atoms with E-state index in [0.717, 1.165) is 6.07 Å². The van der Waals surface area contributed by atoms with Crippen LogP contribution in [-0.2, 0) is 0 Å². The van der Waals surface area contributed by atoms with Crippen LogP contribution in [0.5, 0.6) is 0 Å². The number of aliphatic hydroxyl groups is 1. The predicted octanol–water partition coefficient (Wildman–Crippen LogP) is 2.50. The van der Waals surface area contributed by atoms with Gasteiger partial charge >= 0.3 is 0 Å². The van der Waals surface area contributed by atoms with E-state index in [4.69, 9.17) is 0 Å². The van der Waals surface area contributed by atoms with Crippen LogP contribution in [0.4, 0.5) is 4.39 Å². The molecule has 0 fully saturated rings. The number of halogens is 1. The zero-order chi connectivity index (χ0) is 18.1. The summed E-state index contributed by atoms with van der Waals surface area (Å²) >= 11 is 0. The van der Waals surface area contributed by atoms with Gasteiger partial charge in [-0.3, -0.25) is 9.59 Å². The molecule has 6 heteroatoms. The van der Waals surface area contributed by atoms with E-state index in [1.54, 1.807) is 6.92 Å². The smallest absolute Gasteiger partial charge is 0.257 e. The third-order valence-electron chi connectivity index (χ3n) is 3.81. The summed E-state index contributed by atoms with van der Waals surface area (Å²) in [4.78, 5) is 27.8. The van der Waals surface area contributed by atoms with E-state index in [9.17, 15) is 19.1 Å². The fourth-order valence-electron chi connectivity index (χ4n) is 2.80. The second-order valence-corrected chi connectivity index (χ2v) is 7.29. The number of carbonyl (C=O) groups excluding carboxylic acids is 1. The van der Waals surface area contributed by atoms with Crippen molar-refractivity contribution in [2.45, 2.75) is 40.2 Å². The van der Waals surface area contributed by atoms with E-state index in [1.165, 1.54) is 12.3 Å². The Morgan fingerprint density at radius 3 is 2.62 bits per heavy atom.